The zero-order valence-electron chi connectivity index (χ0n) is 10.3. The number of hydrogen-bond acceptors (Lipinski definition) is 2. The number of hydrogen-bond donors (Lipinski definition) is 2. The predicted octanol–water partition coefficient (Wildman–Crippen LogP) is 1.63. The van der Waals surface area contributed by atoms with E-state index in [9.17, 15) is 9.59 Å². The van der Waals surface area contributed by atoms with Crippen molar-refractivity contribution >= 4 is 11.9 Å². The number of carbonyl (C=O) groups is 2. The number of benzene rings is 1. The predicted molar refractivity (Wildman–Crippen MR) is 67.1 cm³/mol. The Labute approximate surface area is 106 Å². The Morgan fingerprint density at radius 1 is 1.33 bits per heavy atom. The summed E-state index contributed by atoms with van der Waals surface area (Å²) < 4.78 is 0. The lowest BCUT2D eigenvalue weighted by Crippen LogP contribution is -2.29. The van der Waals surface area contributed by atoms with Gasteiger partial charge in [0.1, 0.15) is 0 Å². The van der Waals surface area contributed by atoms with Crippen LogP contribution in [0.25, 0.3) is 0 Å². The second-order valence-electron chi connectivity index (χ2n) is 4.84. The van der Waals surface area contributed by atoms with Gasteiger partial charge in [-0.2, -0.15) is 0 Å². The van der Waals surface area contributed by atoms with Gasteiger partial charge in [0, 0.05) is 6.54 Å². The summed E-state index contributed by atoms with van der Waals surface area (Å²) in [6.07, 6.45) is 0.473. The molecule has 1 aromatic carbocycles. The molecule has 2 rings (SSSR count). The Hall–Kier alpha value is -1.84. The van der Waals surface area contributed by atoms with Crippen molar-refractivity contribution < 1.29 is 14.7 Å². The molecule has 1 aromatic rings. The van der Waals surface area contributed by atoms with E-state index in [-0.39, 0.29) is 17.7 Å². The van der Waals surface area contributed by atoms with E-state index >= 15 is 0 Å². The highest BCUT2D eigenvalue weighted by atomic mass is 16.4. The van der Waals surface area contributed by atoms with Crippen LogP contribution in [0.15, 0.2) is 30.3 Å². The largest absolute Gasteiger partial charge is 0.481 e. The maximum atomic E-state index is 11.7. The van der Waals surface area contributed by atoms with E-state index in [1.54, 1.807) is 0 Å². The second-order valence-corrected chi connectivity index (χ2v) is 4.84. The van der Waals surface area contributed by atoms with Gasteiger partial charge in [-0.15, -0.1) is 0 Å². The van der Waals surface area contributed by atoms with Crippen LogP contribution in [0.5, 0.6) is 0 Å². The lowest BCUT2D eigenvalue weighted by atomic mass is 10.0. The number of rotatable bonds is 5. The first-order valence-corrected chi connectivity index (χ1v) is 6.15. The number of nitrogens with one attached hydrogen (secondary N) is 1. The first-order valence-electron chi connectivity index (χ1n) is 6.15. The average molecular weight is 247 g/mol. The van der Waals surface area contributed by atoms with Gasteiger partial charge in [-0.25, -0.2) is 0 Å². The Morgan fingerprint density at radius 2 is 2.00 bits per heavy atom. The quantitative estimate of drug-likeness (QED) is 0.831. The van der Waals surface area contributed by atoms with E-state index < -0.39 is 11.9 Å². The first-order chi connectivity index (χ1) is 8.59. The molecule has 0 heterocycles. The van der Waals surface area contributed by atoms with Crippen molar-refractivity contribution in [3.05, 3.63) is 35.9 Å². The maximum absolute atomic E-state index is 11.7. The highest BCUT2D eigenvalue weighted by Gasteiger charge is 2.48. The molecular formula is C14H17NO3. The third-order valence-corrected chi connectivity index (χ3v) is 3.40. The second kappa shape index (κ2) is 5.21. The summed E-state index contributed by atoms with van der Waals surface area (Å²) in [5.74, 6) is -1.57. The molecule has 1 aliphatic carbocycles. The molecule has 1 saturated carbocycles. The minimum atomic E-state index is -0.869. The van der Waals surface area contributed by atoms with Crippen LogP contribution < -0.4 is 5.32 Å². The fraction of sp³-hybridized carbons (Fsp3) is 0.429. The molecule has 3 atom stereocenters. The zero-order valence-corrected chi connectivity index (χ0v) is 10.3. The molecule has 1 unspecified atom stereocenters. The number of carboxylic acid groups (broad SMARTS) is 1. The molecular weight excluding hydrogens is 230 g/mol. The van der Waals surface area contributed by atoms with Crippen molar-refractivity contribution in [2.75, 3.05) is 6.54 Å². The van der Waals surface area contributed by atoms with Crippen molar-refractivity contribution in [2.45, 2.75) is 19.3 Å². The lowest BCUT2D eigenvalue weighted by molar-refractivity contribution is -0.140. The van der Waals surface area contributed by atoms with Gasteiger partial charge in [-0.05, 0) is 17.9 Å². The van der Waals surface area contributed by atoms with Crippen LogP contribution in [-0.2, 0) is 9.59 Å². The Morgan fingerprint density at radius 3 is 2.56 bits per heavy atom. The maximum Gasteiger partial charge on any atom is 0.307 e. The third kappa shape index (κ3) is 2.88. The van der Waals surface area contributed by atoms with Crippen molar-refractivity contribution in [1.29, 1.82) is 0 Å². The molecule has 1 amide bonds. The summed E-state index contributed by atoms with van der Waals surface area (Å²) in [4.78, 5) is 22.3. The average Bonchev–Trinajstić information content (AvgIpc) is 3.17. The molecule has 0 saturated heterocycles. The van der Waals surface area contributed by atoms with Gasteiger partial charge in [0.15, 0.2) is 0 Å². The summed E-state index contributed by atoms with van der Waals surface area (Å²) in [5.41, 5.74) is 1.17. The van der Waals surface area contributed by atoms with E-state index in [0.717, 1.165) is 0 Å². The van der Waals surface area contributed by atoms with Gasteiger partial charge in [-0.1, -0.05) is 37.3 Å². The standard InChI is InChI=1S/C14H17NO3/c1-9(10-5-3-2-4-6-10)8-15-13(16)11-7-12(11)14(17)18/h2-6,9,11-12H,7-8H2,1H3,(H,15,16)(H,17,18)/t9?,11-,12+/m1/s1. The van der Waals surface area contributed by atoms with E-state index in [1.807, 2.05) is 37.3 Å². The van der Waals surface area contributed by atoms with Crippen molar-refractivity contribution in [2.24, 2.45) is 11.8 Å². The van der Waals surface area contributed by atoms with Crippen LogP contribution >= 0.6 is 0 Å². The molecule has 4 nitrogen and oxygen atoms in total. The van der Waals surface area contributed by atoms with Gasteiger partial charge in [0.25, 0.3) is 0 Å². The Bertz CT molecular complexity index is 444. The van der Waals surface area contributed by atoms with Crippen molar-refractivity contribution in [3.8, 4) is 0 Å². The van der Waals surface area contributed by atoms with Gasteiger partial charge in [0.05, 0.1) is 11.8 Å². The molecule has 18 heavy (non-hydrogen) atoms. The van der Waals surface area contributed by atoms with Crippen LogP contribution in [0.2, 0.25) is 0 Å². The summed E-state index contributed by atoms with van der Waals surface area (Å²) in [7, 11) is 0. The summed E-state index contributed by atoms with van der Waals surface area (Å²) in [6, 6.07) is 9.93. The third-order valence-electron chi connectivity index (χ3n) is 3.40. The number of carboxylic acids is 1. The number of carbonyl (C=O) groups excluding carboxylic acids is 1. The molecule has 0 bridgehead atoms. The molecule has 0 spiro atoms. The fourth-order valence-corrected chi connectivity index (χ4v) is 2.04. The van der Waals surface area contributed by atoms with Crippen LogP contribution in [0.4, 0.5) is 0 Å². The van der Waals surface area contributed by atoms with Gasteiger partial charge < -0.3 is 10.4 Å². The highest BCUT2D eigenvalue weighted by Crippen LogP contribution is 2.38. The number of aliphatic carboxylic acids is 1. The Balaban J connectivity index is 1.79. The van der Waals surface area contributed by atoms with Crippen LogP contribution in [0.3, 0.4) is 0 Å². The molecule has 1 fully saturated rings. The van der Waals surface area contributed by atoms with E-state index in [0.29, 0.717) is 13.0 Å². The van der Waals surface area contributed by atoms with E-state index in [2.05, 4.69) is 5.32 Å². The lowest BCUT2D eigenvalue weighted by Gasteiger charge is -2.12. The van der Waals surface area contributed by atoms with Crippen molar-refractivity contribution in [3.63, 3.8) is 0 Å². The van der Waals surface area contributed by atoms with Crippen molar-refractivity contribution in [1.82, 2.24) is 5.32 Å². The monoisotopic (exact) mass is 247 g/mol. The van der Waals surface area contributed by atoms with Gasteiger partial charge in [-0.3, -0.25) is 9.59 Å². The summed E-state index contributed by atoms with van der Waals surface area (Å²) in [5, 5.41) is 11.6. The normalized spacial score (nSPS) is 23.2. The van der Waals surface area contributed by atoms with E-state index in [4.69, 9.17) is 5.11 Å². The van der Waals surface area contributed by atoms with Crippen LogP contribution in [0.1, 0.15) is 24.8 Å². The molecule has 0 aliphatic heterocycles. The summed E-state index contributed by atoms with van der Waals surface area (Å²) >= 11 is 0. The molecule has 0 aromatic heterocycles. The Kier molecular flexibility index (Phi) is 3.65. The summed E-state index contributed by atoms with van der Waals surface area (Å²) in [6.45, 7) is 2.59. The highest BCUT2D eigenvalue weighted by molar-refractivity contribution is 5.89. The first kappa shape index (κ1) is 12.6. The minimum absolute atomic E-state index is 0.134. The topological polar surface area (TPSA) is 66.4 Å². The van der Waals surface area contributed by atoms with Gasteiger partial charge in [0.2, 0.25) is 5.91 Å². The number of amides is 1. The van der Waals surface area contributed by atoms with Crippen LogP contribution in [0, 0.1) is 11.8 Å². The molecule has 4 heteroatoms. The zero-order chi connectivity index (χ0) is 13.1. The minimum Gasteiger partial charge on any atom is -0.481 e. The van der Waals surface area contributed by atoms with Crippen LogP contribution in [-0.4, -0.2) is 23.5 Å². The molecule has 96 valence electrons. The SMILES string of the molecule is CC(CNC(=O)[C@@H]1C[C@@H]1C(=O)O)c1ccccc1. The molecule has 0 radical (unpaired) electrons. The van der Waals surface area contributed by atoms with E-state index in [1.165, 1.54) is 5.56 Å². The van der Waals surface area contributed by atoms with Gasteiger partial charge >= 0.3 is 5.97 Å². The smallest absolute Gasteiger partial charge is 0.307 e. The molecule has 1 aliphatic rings. The molecule has 2 N–H and O–H groups in total. The fourth-order valence-electron chi connectivity index (χ4n) is 2.04.